The third-order valence-electron chi connectivity index (χ3n) is 4.58. The molecule has 0 unspecified atom stereocenters. The fourth-order valence-electron chi connectivity index (χ4n) is 3.28. The summed E-state index contributed by atoms with van der Waals surface area (Å²) in [7, 11) is 0. The summed E-state index contributed by atoms with van der Waals surface area (Å²) in [5, 5.41) is 3.20. The summed E-state index contributed by atoms with van der Waals surface area (Å²) < 4.78 is 5.33. The fraction of sp³-hybridized carbons (Fsp3) is 0.647. The van der Waals surface area contributed by atoms with Gasteiger partial charge in [-0.1, -0.05) is 6.07 Å². The first kappa shape index (κ1) is 15.4. The number of hydrogen-bond donors (Lipinski definition) is 1. The molecule has 2 fully saturated rings. The smallest absolute Gasteiger partial charge is 0.220 e. The predicted octanol–water partition coefficient (Wildman–Crippen LogP) is 1.59. The summed E-state index contributed by atoms with van der Waals surface area (Å²) >= 11 is 0. The minimum absolute atomic E-state index is 0.196. The van der Waals surface area contributed by atoms with Crippen molar-refractivity contribution in [1.82, 2.24) is 15.2 Å². The highest BCUT2D eigenvalue weighted by molar-refractivity contribution is 5.76. The number of carbonyl (C=O) groups is 1. The number of hydrogen-bond acceptors (Lipinski definition) is 4. The van der Waals surface area contributed by atoms with E-state index in [9.17, 15) is 4.79 Å². The van der Waals surface area contributed by atoms with Crippen molar-refractivity contribution in [3.8, 4) is 0 Å². The SMILES string of the molecule is O=C(C[C@@H]1CCOC1)NC1CCN(Cc2cccnc2)CC1. The van der Waals surface area contributed by atoms with Crippen molar-refractivity contribution in [3.05, 3.63) is 30.1 Å². The molecule has 1 aromatic rings. The second kappa shape index (κ2) is 7.70. The van der Waals surface area contributed by atoms with Crippen molar-refractivity contribution in [2.75, 3.05) is 26.3 Å². The van der Waals surface area contributed by atoms with Crippen LogP contribution in [0.3, 0.4) is 0 Å². The van der Waals surface area contributed by atoms with Crippen LogP contribution in [0.1, 0.15) is 31.2 Å². The van der Waals surface area contributed by atoms with Crippen LogP contribution in [-0.4, -0.2) is 48.1 Å². The monoisotopic (exact) mass is 303 g/mol. The number of ether oxygens (including phenoxy) is 1. The van der Waals surface area contributed by atoms with Gasteiger partial charge in [-0.05, 0) is 36.8 Å². The summed E-state index contributed by atoms with van der Waals surface area (Å²) in [5.74, 6) is 0.617. The van der Waals surface area contributed by atoms with E-state index in [1.807, 2.05) is 12.3 Å². The number of nitrogens with zero attached hydrogens (tertiary/aromatic N) is 2. The molecule has 1 N–H and O–H groups in total. The number of nitrogens with one attached hydrogen (secondary N) is 1. The molecule has 0 aliphatic carbocycles. The Balaban J connectivity index is 1.37. The van der Waals surface area contributed by atoms with Gasteiger partial charge in [-0.25, -0.2) is 0 Å². The van der Waals surface area contributed by atoms with Crippen molar-refractivity contribution in [2.45, 2.75) is 38.3 Å². The molecule has 3 heterocycles. The van der Waals surface area contributed by atoms with Crippen LogP contribution in [0.5, 0.6) is 0 Å². The lowest BCUT2D eigenvalue weighted by molar-refractivity contribution is -0.123. The summed E-state index contributed by atoms with van der Waals surface area (Å²) in [6.45, 7) is 4.58. The molecule has 1 amide bonds. The van der Waals surface area contributed by atoms with E-state index in [2.05, 4.69) is 21.3 Å². The average molecular weight is 303 g/mol. The minimum atomic E-state index is 0.196. The second-order valence-electron chi connectivity index (χ2n) is 6.41. The molecule has 0 saturated carbocycles. The summed E-state index contributed by atoms with van der Waals surface area (Å²) in [5.41, 5.74) is 1.26. The number of amides is 1. The zero-order chi connectivity index (χ0) is 15.2. The molecule has 2 aliphatic rings. The molecule has 22 heavy (non-hydrogen) atoms. The van der Waals surface area contributed by atoms with E-state index in [0.29, 0.717) is 18.4 Å². The predicted molar refractivity (Wildman–Crippen MR) is 84.2 cm³/mol. The molecule has 1 atom stereocenters. The Labute approximate surface area is 132 Å². The summed E-state index contributed by atoms with van der Waals surface area (Å²) in [6.07, 6.45) is 7.45. The topological polar surface area (TPSA) is 54.5 Å². The van der Waals surface area contributed by atoms with Crippen LogP contribution < -0.4 is 5.32 Å². The molecular formula is C17H25N3O2. The Hall–Kier alpha value is -1.46. The van der Waals surface area contributed by atoms with E-state index < -0.39 is 0 Å². The van der Waals surface area contributed by atoms with Crippen LogP contribution in [-0.2, 0) is 16.1 Å². The largest absolute Gasteiger partial charge is 0.381 e. The number of carbonyl (C=O) groups excluding carboxylic acids is 1. The van der Waals surface area contributed by atoms with Crippen molar-refractivity contribution < 1.29 is 9.53 Å². The highest BCUT2D eigenvalue weighted by Gasteiger charge is 2.23. The molecule has 120 valence electrons. The van der Waals surface area contributed by atoms with Gasteiger partial charge in [-0.3, -0.25) is 14.7 Å². The zero-order valence-electron chi connectivity index (χ0n) is 13.0. The van der Waals surface area contributed by atoms with Gasteiger partial charge in [0.1, 0.15) is 0 Å². The van der Waals surface area contributed by atoms with Crippen LogP contribution in [0.25, 0.3) is 0 Å². The lowest BCUT2D eigenvalue weighted by Gasteiger charge is -2.32. The quantitative estimate of drug-likeness (QED) is 0.897. The number of piperidine rings is 1. The maximum absolute atomic E-state index is 12.1. The maximum atomic E-state index is 12.1. The van der Waals surface area contributed by atoms with E-state index in [-0.39, 0.29) is 5.91 Å². The van der Waals surface area contributed by atoms with Crippen molar-refractivity contribution in [1.29, 1.82) is 0 Å². The molecule has 3 rings (SSSR count). The number of pyridine rings is 1. The van der Waals surface area contributed by atoms with Gasteiger partial charge in [0.25, 0.3) is 0 Å². The Kier molecular flexibility index (Phi) is 5.40. The highest BCUT2D eigenvalue weighted by atomic mass is 16.5. The zero-order valence-corrected chi connectivity index (χ0v) is 13.0. The Morgan fingerprint density at radius 1 is 1.36 bits per heavy atom. The number of rotatable bonds is 5. The Morgan fingerprint density at radius 3 is 2.91 bits per heavy atom. The van der Waals surface area contributed by atoms with Crippen molar-refractivity contribution in [2.24, 2.45) is 5.92 Å². The van der Waals surface area contributed by atoms with Gasteiger partial charge < -0.3 is 10.1 Å². The first-order chi connectivity index (χ1) is 10.8. The van der Waals surface area contributed by atoms with E-state index >= 15 is 0 Å². The van der Waals surface area contributed by atoms with Crippen LogP contribution in [0.15, 0.2) is 24.5 Å². The molecule has 0 spiro atoms. The molecule has 0 radical (unpaired) electrons. The van der Waals surface area contributed by atoms with Gasteiger partial charge in [0.05, 0.1) is 0 Å². The first-order valence-corrected chi connectivity index (χ1v) is 8.28. The molecule has 0 aromatic carbocycles. The summed E-state index contributed by atoms with van der Waals surface area (Å²) in [4.78, 5) is 18.6. The maximum Gasteiger partial charge on any atom is 0.220 e. The third kappa shape index (κ3) is 4.52. The first-order valence-electron chi connectivity index (χ1n) is 8.28. The molecule has 1 aromatic heterocycles. The molecule has 2 aliphatic heterocycles. The van der Waals surface area contributed by atoms with Gasteiger partial charge >= 0.3 is 0 Å². The lowest BCUT2D eigenvalue weighted by Crippen LogP contribution is -2.44. The van der Waals surface area contributed by atoms with Crippen LogP contribution in [0.2, 0.25) is 0 Å². The minimum Gasteiger partial charge on any atom is -0.381 e. The van der Waals surface area contributed by atoms with Gasteiger partial charge in [-0.2, -0.15) is 0 Å². The molecule has 0 bridgehead atoms. The lowest BCUT2D eigenvalue weighted by atomic mass is 10.0. The van der Waals surface area contributed by atoms with Crippen molar-refractivity contribution in [3.63, 3.8) is 0 Å². The number of likely N-dealkylation sites (tertiary alicyclic amines) is 1. The average Bonchev–Trinajstić information content (AvgIpc) is 3.03. The van der Waals surface area contributed by atoms with Crippen LogP contribution in [0, 0.1) is 5.92 Å². The molecule has 5 heteroatoms. The molecule has 2 saturated heterocycles. The Morgan fingerprint density at radius 2 is 2.23 bits per heavy atom. The highest BCUT2D eigenvalue weighted by Crippen LogP contribution is 2.17. The molecular weight excluding hydrogens is 278 g/mol. The van der Waals surface area contributed by atoms with Gasteiger partial charge in [0.2, 0.25) is 5.91 Å². The van der Waals surface area contributed by atoms with Gasteiger partial charge in [0, 0.05) is 57.7 Å². The normalized spacial score (nSPS) is 23.5. The van der Waals surface area contributed by atoms with E-state index in [1.54, 1.807) is 6.20 Å². The fourth-order valence-corrected chi connectivity index (χ4v) is 3.28. The van der Waals surface area contributed by atoms with Crippen molar-refractivity contribution >= 4 is 5.91 Å². The van der Waals surface area contributed by atoms with Gasteiger partial charge in [0.15, 0.2) is 0 Å². The third-order valence-corrected chi connectivity index (χ3v) is 4.58. The summed E-state index contributed by atoms with van der Waals surface area (Å²) in [6, 6.07) is 4.43. The van der Waals surface area contributed by atoms with E-state index in [0.717, 1.165) is 52.1 Å². The number of aromatic nitrogens is 1. The van der Waals surface area contributed by atoms with Gasteiger partial charge in [-0.15, -0.1) is 0 Å². The Bertz CT molecular complexity index is 466. The van der Waals surface area contributed by atoms with Crippen LogP contribution in [0.4, 0.5) is 0 Å². The standard InChI is InChI=1S/C17H25N3O2/c21-17(10-14-5-9-22-13-14)19-16-3-7-20(8-4-16)12-15-2-1-6-18-11-15/h1-2,6,11,14,16H,3-5,7-10,12-13H2,(H,19,21)/t14-/m0/s1. The van der Waals surface area contributed by atoms with E-state index in [1.165, 1.54) is 5.56 Å². The molecule has 5 nitrogen and oxygen atoms in total. The van der Waals surface area contributed by atoms with E-state index in [4.69, 9.17) is 4.74 Å². The second-order valence-corrected chi connectivity index (χ2v) is 6.41. The van der Waals surface area contributed by atoms with Crippen LogP contribution >= 0.6 is 0 Å².